The lowest BCUT2D eigenvalue weighted by molar-refractivity contribution is -0.147. The Labute approximate surface area is 127 Å². The Morgan fingerprint density at radius 1 is 1.41 bits per heavy atom. The van der Waals surface area contributed by atoms with Crippen LogP contribution < -0.4 is 4.74 Å². The molecular weight excluding hydrogens is 288 g/mol. The second-order valence-electron chi connectivity index (χ2n) is 4.84. The predicted molar refractivity (Wildman–Crippen MR) is 75.2 cm³/mol. The van der Waals surface area contributed by atoms with E-state index in [1.807, 2.05) is 6.07 Å². The summed E-state index contributed by atoms with van der Waals surface area (Å²) in [4.78, 5) is 24.5. The van der Waals surface area contributed by atoms with Crippen LogP contribution >= 0.6 is 0 Å². The number of carbonyl (C=O) groups excluding carboxylic acids is 1. The van der Waals surface area contributed by atoms with Crippen LogP contribution in [0.5, 0.6) is 5.75 Å². The van der Waals surface area contributed by atoms with E-state index in [1.54, 1.807) is 24.3 Å². The quantitative estimate of drug-likeness (QED) is 0.857. The lowest BCUT2D eigenvalue weighted by atomic mass is 10.1. The van der Waals surface area contributed by atoms with Crippen LogP contribution in [-0.4, -0.2) is 54.3 Å². The molecule has 0 aromatic heterocycles. The maximum atomic E-state index is 12.2. The zero-order valence-electron chi connectivity index (χ0n) is 11.9. The highest BCUT2D eigenvalue weighted by Gasteiger charge is 2.29. The van der Waals surface area contributed by atoms with E-state index in [-0.39, 0.29) is 25.5 Å². The highest BCUT2D eigenvalue weighted by molar-refractivity contribution is 5.79. The molecule has 0 radical (unpaired) electrons. The van der Waals surface area contributed by atoms with Gasteiger partial charge in [0.25, 0.3) is 5.91 Å². The van der Waals surface area contributed by atoms with E-state index in [9.17, 15) is 9.59 Å². The Bertz CT molecular complexity index is 579. The van der Waals surface area contributed by atoms with Crippen molar-refractivity contribution in [2.45, 2.75) is 12.5 Å². The van der Waals surface area contributed by atoms with Crippen molar-refractivity contribution in [3.05, 3.63) is 29.8 Å². The smallest absolute Gasteiger partial charge is 0.305 e. The van der Waals surface area contributed by atoms with Gasteiger partial charge in [0.2, 0.25) is 0 Å². The number of ether oxygens (including phenoxy) is 2. The summed E-state index contributed by atoms with van der Waals surface area (Å²) in [5, 5.41) is 17.6. The Morgan fingerprint density at radius 2 is 2.14 bits per heavy atom. The molecular formula is C15H16N2O5. The van der Waals surface area contributed by atoms with Crippen molar-refractivity contribution in [2.24, 2.45) is 0 Å². The Balaban J connectivity index is 1.91. The summed E-state index contributed by atoms with van der Waals surface area (Å²) < 4.78 is 10.6. The number of hydrogen-bond donors (Lipinski definition) is 1. The lowest BCUT2D eigenvalue weighted by Crippen LogP contribution is -2.51. The number of rotatable bonds is 5. The molecule has 1 aromatic rings. The number of nitriles is 1. The molecule has 7 heteroatoms. The van der Waals surface area contributed by atoms with E-state index in [4.69, 9.17) is 19.8 Å². The Morgan fingerprint density at radius 3 is 2.77 bits per heavy atom. The van der Waals surface area contributed by atoms with Crippen LogP contribution in [0.1, 0.15) is 12.0 Å². The van der Waals surface area contributed by atoms with Gasteiger partial charge in [0.15, 0.2) is 6.61 Å². The van der Waals surface area contributed by atoms with Gasteiger partial charge in [-0.3, -0.25) is 9.59 Å². The first-order valence-corrected chi connectivity index (χ1v) is 6.82. The minimum atomic E-state index is -0.971. The molecule has 1 amide bonds. The topological polar surface area (TPSA) is 99.9 Å². The highest BCUT2D eigenvalue weighted by Crippen LogP contribution is 2.14. The maximum Gasteiger partial charge on any atom is 0.305 e. The molecule has 1 fully saturated rings. The van der Waals surface area contributed by atoms with E-state index in [2.05, 4.69) is 0 Å². The summed E-state index contributed by atoms with van der Waals surface area (Å²) in [6, 6.07) is 7.95. The van der Waals surface area contributed by atoms with Crippen molar-refractivity contribution in [1.29, 1.82) is 5.26 Å². The van der Waals surface area contributed by atoms with Crippen molar-refractivity contribution in [2.75, 3.05) is 26.4 Å². The van der Waals surface area contributed by atoms with Crippen LogP contribution in [0, 0.1) is 11.3 Å². The molecule has 1 unspecified atom stereocenters. The van der Waals surface area contributed by atoms with E-state index < -0.39 is 12.0 Å². The van der Waals surface area contributed by atoms with Gasteiger partial charge in [-0.1, -0.05) is 0 Å². The minimum Gasteiger partial charge on any atom is -0.484 e. The highest BCUT2D eigenvalue weighted by atomic mass is 16.5. The number of nitrogens with zero attached hydrogens (tertiary/aromatic N) is 2. The number of benzene rings is 1. The number of aliphatic carboxylic acids is 1. The summed E-state index contributed by atoms with van der Waals surface area (Å²) in [6.07, 6.45) is -0.150. The molecule has 116 valence electrons. The molecule has 0 bridgehead atoms. The molecule has 1 aliphatic rings. The fourth-order valence-corrected chi connectivity index (χ4v) is 2.21. The molecule has 1 saturated heterocycles. The van der Waals surface area contributed by atoms with E-state index >= 15 is 0 Å². The van der Waals surface area contributed by atoms with Crippen LogP contribution in [0.25, 0.3) is 0 Å². The minimum absolute atomic E-state index is 0.150. The summed E-state index contributed by atoms with van der Waals surface area (Å²) in [5.74, 6) is -0.768. The van der Waals surface area contributed by atoms with Crippen molar-refractivity contribution in [3.8, 4) is 11.8 Å². The maximum absolute atomic E-state index is 12.2. The van der Waals surface area contributed by atoms with Gasteiger partial charge in [-0.25, -0.2) is 0 Å². The Kier molecular flexibility index (Phi) is 5.33. The third-order valence-corrected chi connectivity index (χ3v) is 3.30. The first kappa shape index (κ1) is 15.8. The molecule has 1 N–H and O–H groups in total. The number of carboxylic acid groups (broad SMARTS) is 1. The van der Waals surface area contributed by atoms with Crippen molar-refractivity contribution < 1.29 is 24.2 Å². The summed E-state index contributed by atoms with van der Waals surface area (Å²) >= 11 is 0. The standard InChI is InChI=1S/C15H16N2O5/c16-8-11-1-3-13(4-2-11)22-10-14(18)17-5-6-21-9-12(17)7-15(19)20/h1-4,12H,5-7,9-10H2,(H,19,20). The predicted octanol–water partition coefficient (Wildman–Crippen LogP) is 0.639. The fourth-order valence-electron chi connectivity index (χ4n) is 2.21. The molecule has 0 spiro atoms. The average molecular weight is 304 g/mol. The molecule has 1 aromatic carbocycles. The van der Waals surface area contributed by atoms with Crippen molar-refractivity contribution >= 4 is 11.9 Å². The zero-order valence-corrected chi connectivity index (χ0v) is 11.9. The number of hydrogen-bond acceptors (Lipinski definition) is 5. The molecule has 0 saturated carbocycles. The summed E-state index contributed by atoms with van der Waals surface area (Å²) in [5.41, 5.74) is 0.508. The Hall–Kier alpha value is -2.59. The van der Waals surface area contributed by atoms with E-state index in [0.717, 1.165) is 0 Å². The first-order chi connectivity index (χ1) is 10.6. The molecule has 2 rings (SSSR count). The largest absolute Gasteiger partial charge is 0.484 e. The van der Waals surface area contributed by atoms with Gasteiger partial charge in [0.1, 0.15) is 5.75 Å². The number of carboxylic acids is 1. The molecule has 7 nitrogen and oxygen atoms in total. The fraction of sp³-hybridized carbons (Fsp3) is 0.400. The zero-order chi connectivity index (χ0) is 15.9. The number of morpholine rings is 1. The summed E-state index contributed by atoms with van der Waals surface area (Å²) in [7, 11) is 0. The van der Waals surface area contributed by atoms with Crippen LogP contribution in [-0.2, 0) is 14.3 Å². The SMILES string of the molecule is N#Cc1ccc(OCC(=O)N2CCOCC2CC(=O)O)cc1. The van der Waals surface area contributed by atoms with Gasteiger partial charge in [-0.15, -0.1) is 0 Å². The van der Waals surface area contributed by atoms with Gasteiger partial charge in [-0.05, 0) is 24.3 Å². The van der Waals surface area contributed by atoms with E-state index in [1.165, 1.54) is 4.90 Å². The molecule has 22 heavy (non-hydrogen) atoms. The second-order valence-corrected chi connectivity index (χ2v) is 4.84. The molecule has 1 atom stereocenters. The first-order valence-electron chi connectivity index (χ1n) is 6.82. The summed E-state index contributed by atoms with van der Waals surface area (Å²) in [6.45, 7) is 0.781. The number of amides is 1. The van der Waals surface area contributed by atoms with Gasteiger partial charge < -0.3 is 19.5 Å². The lowest BCUT2D eigenvalue weighted by Gasteiger charge is -2.34. The third-order valence-electron chi connectivity index (χ3n) is 3.30. The van der Waals surface area contributed by atoms with Crippen molar-refractivity contribution in [1.82, 2.24) is 4.90 Å². The van der Waals surface area contributed by atoms with Crippen LogP contribution in [0.4, 0.5) is 0 Å². The monoisotopic (exact) mass is 304 g/mol. The van der Waals surface area contributed by atoms with Crippen LogP contribution in [0.15, 0.2) is 24.3 Å². The van der Waals surface area contributed by atoms with Gasteiger partial charge in [0, 0.05) is 6.54 Å². The van der Waals surface area contributed by atoms with Crippen LogP contribution in [0.2, 0.25) is 0 Å². The second kappa shape index (κ2) is 7.43. The number of carbonyl (C=O) groups is 2. The van der Waals surface area contributed by atoms with Gasteiger partial charge in [0.05, 0.1) is 37.3 Å². The van der Waals surface area contributed by atoms with Gasteiger partial charge in [-0.2, -0.15) is 5.26 Å². The normalized spacial score (nSPS) is 17.6. The molecule has 1 heterocycles. The molecule has 0 aliphatic carbocycles. The van der Waals surface area contributed by atoms with Gasteiger partial charge >= 0.3 is 5.97 Å². The van der Waals surface area contributed by atoms with Crippen molar-refractivity contribution in [3.63, 3.8) is 0 Å². The van der Waals surface area contributed by atoms with E-state index in [0.29, 0.717) is 24.5 Å². The van der Waals surface area contributed by atoms with Crippen LogP contribution in [0.3, 0.4) is 0 Å². The molecule has 1 aliphatic heterocycles. The average Bonchev–Trinajstić information content (AvgIpc) is 2.53. The third kappa shape index (κ3) is 4.20.